The Labute approximate surface area is 99.9 Å². The van der Waals surface area contributed by atoms with Gasteiger partial charge in [-0.15, -0.1) is 0 Å². The van der Waals surface area contributed by atoms with E-state index in [0.717, 1.165) is 30.7 Å². The second-order valence-electron chi connectivity index (χ2n) is 3.81. The molecule has 2 rings (SSSR count). The first-order chi connectivity index (χ1) is 8.33. The molecule has 0 bridgehead atoms. The fourth-order valence-corrected chi connectivity index (χ4v) is 1.53. The molecule has 0 aliphatic rings. The smallest absolute Gasteiger partial charge is 0.257 e. The van der Waals surface area contributed by atoms with Crippen LogP contribution in [0.5, 0.6) is 0 Å². The molecule has 1 heterocycles. The van der Waals surface area contributed by atoms with Crippen LogP contribution in [0.4, 0.5) is 0 Å². The minimum Gasteiger partial charge on any atom is -0.334 e. The Balaban J connectivity index is 2.21. The van der Waals surface area contributed by atoms with Gasteiger partial charge in [0.1, 0.15) is 0 Å². The molecular formula is C13H13N3O. The predicted molar refractivity (Wildman–Crippen MR) is 63.1 cm³/mol. The SMILES string of the molecule is CCCCc1noc(-c2cccc(C#N)c2)n1. The van der Waals surface area contributed by atoms with Crippen molar-refractivity contribution < 1.29 is 4.52 Å². The molecule has 0 N–H and O–H groups in total. The van der Waals surface area contributed by atoms with Crippen LogP contribution in [0.3, 0.4) is 0 Å². The van der Waals surface area contributed by atoms with Crippen LogP contribution in [0.25, 0.3) is 11.5 Å². The summed E-state index contributed by atoms with van der Waals surface area (Å²) in [6.45, 7) is 2.12. The lowest BCUT2D eigenvalue weighted by Gasteiger charge is -1.93. The molecule has 0 aliphatic heterocycles. The van der Waals surface area contributed by atoms with Gasteiger partial charge in [0, 0.05) is 12.0 Å². The summed E-state index contributed by atoms with van der Waals surface area (Å²) in [4.78, 5) is 4.31. The second-order valence-corrected chi connectivity index (χ2v) is 3.81. The highest BCUT2D eigenvalue weighted by atomic mass is 16.5. The fourth-order valence-electron chi connectivity index (χ4n) is 1.53. The Kier molecular flexibility index (Phi) is 3.51. The van der Waals surface area contributed by atoms with Crippen LogP contribution < -0.4 is 0 Å². The van der Waals surface area contributed by atoms with E-state index in [9.17, 15) is 0 Å². The van der Waals surface area contributed by atoms with Crippen LogP contribution in [0, 0.1) is 11.3 Å². The van der Waals surface area contributed by atoms with Crippen LogP contribution >= 0.6 is 0 Å². The highest BCUT2D eigenvalue weighted by Crippen LogP contribution is 2.18. The lowest BCUT2D eigenvalue weighted by molar-refractivity contribution is 0.421. The molecule has 0 fully saturated rings. The van der Waals surface area contributed by atoms with Crippen molar-refractivity contribution in [2.75, 3.05) is 0 Å². The monoisotopic (exact) mass is 227 g/mol. The van der Waals surface area contributed by atoms with E-state index in [-0.39, 0.29) is 0 Å². The van der Waals surface area contributed by atoms with Gasteiger partial charge < -0.3 is 4.52 Å². The summed E-state index contributed by atoms with van der Waals surface area (Å²) in [5, 5.41) is 12.7. The summed E-state index contributed by atoms with van der Waals surface area (Å²) >= 11 is 0. The number of nitriles is 1. The van der Waals surface area contributed by atoms with Gasteiger partial charge in [0.25, 0.3) is 5.89 Å². The Bertz CT molecular complexity index is 540. The molecule has 0 spiro atoms. The van der Waals surface area contributed by atoms with Crippen LogP contribution in [-0.4, -0.2) is 10.1 Å². The van der Waals surface area contributed by atoms with Crippen molar-refractivity contribution in [3.63, 3.8) is 0 Å². The number of hydrogen-bond donors (Lipinski definition) is 0. The van der Waals surface area contributed by atoms with Crippen LogP contribution in [-0.2, 0) is 6.42 Å². The normalized spacial score (nSPS) is 10.1. The quantitative estimate of drug-likeness (QED) is 0.805. The molecule has 1 aromatic heterocycles. The van der Waals surface area contributed by atoms with E-state index in [1.165, 1.54) is 0 Å². The summed E-state index contributed by atoms with van der Waals surface area (Å²) in [6.07, 6.45) is 2.99. The maximum absolute atomic E-state index is 8.81. The third-order valence-electron chi connectivity index (χ3n) is 2.46. The predicted octanol–water partition coefficient (Wildman–Crippen LogP) is 2.95. The van der Waals surface area contributed by atoms with Crippen molar-refractivity contribution in [1.82, 2.24) is 10.1 Å². The van der Waals surface area contributed by atoms with E-state index >= 15 is 0 Å². The molecule has 0 amide bonds. The Morgan fingerprint density at radius 3 is 3.06 bits per heavy atom. The van der Waals surface area contributed by atoms with Gasteiger partial charge in [-0.25, -0.2) is 0 Å². The van der Waals surface area contributed by atoms with Crippen LogP contribution in [0.1, 0.15) is 31.2 Å². The fraction of sp³-hybridized carbons (Fsp3) is 0.308. The maximum atomic E-state index is 8.81. The number of benzene rings is 1. The Morgan fingerprint density at radius 2 is 2.29 bits per heavy atom. The van der Waals surface area contributed by atoms with E-state index in [1.54, 1.807) is 12.1 Å². The zero-order valence-electron chi connectivity index (χ0n) is 9.68. The highest BCUT2D eigenvalue weighted by molar-refractivity contribution is 5.55. The summed E-state index contributed by atoms with van der Waals surface area (Å²) in [5.41, 5.74) is 1.38. The molecule has 0 aliphatic carbocycles. The van der Waals surface area contributed by atoms with E-state index < -0.39 is 0 Å². The molecule has 4 nitrogen and oxygen atoms in total. The van der Waals surface area contributed by atoms with Gasteiger partial charge in [-0.2, -0.15) is 10.2 Å². The van der Waals surface area contributed by atoms with Crippen molar-refractivity contribution in [2.45, 2.75) is 26.2 Å². The molecule has 2 aromatic rings. The molecule has 0 atom stereocenters. The first-order valence-electron chi connectivity index (χ1n) is 5.66. The molecule has 86 valence electrons. The average molecular weight is 227 g/mol. The van der Waals surface area contributed by atoms with Crippen LogP contribution in [0.2, 0.25) is 0 Å². The average Bonchev–Trinajstić information content (AvgIpc) is 2.85. The second kappa shape index (κ2) is 5.26. The lowest BCUT2D eigenvalue weighted by atomic mass is 10.1. The van der Waals surface area contributed by atoms with Crippen molar-refractivity contribution in [1.29, 1.82) is 5.26 Å². The number of hydrogen-bond acceptors (Lipinski definition) is 4. The van der Waals surface area contributed by atoms with Crippen molar-refractivity contribution in [3.05, 3.63) is 35.7 Å². The zero-order chi connectivity index (χ0) is 12.1. The van der Waals surface area contributed by atoms with E-state index in [1.807, 2.05) is 12.1 Å². The van der Waals surface area contributed by atoms with Crippen molar-refractivity contribution >= 4 is 0 Å². The number of rotatable bonds is 4. The first-order valence-corrected chi connectivity index (χ1v) is 5.66. The number of nitrogens with zero attached hydrogens (tertiary/aromatic N) is 3. The van der Waals surface area contributed by atoms with Crippen LogP contribution in [0.15, 0.2) is 28.8 Å². The van der Waals surface area contributed by atoms with Gasteiger partial charge in [0.05, 0.1) is 11.6 Å². The van der Waals surface area contributed by atoms with Crippen molar-refractivity contribution in [2.24, 2.45) is 0 Å². The van der Waals surface area contributed by atoms with Gasteiger partial charge in [-0.1, -0.05) is 24.6 Å². The Morgan fingerprint density at radius 1 is 1.41 bits per heavy atom. The Hall–Kier alpha value is -2.15. The van der Waals surface area contributed by atoms with Gasteiger partial charge >= 0.3 is 0 Å². The zero-order valence-corrected chi connectivity index (χ0v) is 9.68. The van der Waals surface area contributed by atoms with Gasteiger partial charge in [-0.05, 0) is 24.6 Å². The summed E-state index contributed by atoms with van der Waals surface area (Å²) in [7, 11) is 0. The molecule has 4 heteroatoms. The van der Waals surface area contributed by atoms with Gasteiger partial charge in [0.2, 0.25) is 0 Å². The topological polar surface area (TPSA) is 62.7 Å². The van der Waals surface area contributed by atoms with Gasteiger partial charge in [0.15, 0.2) is 5.82 Å². The summed E-state index contributed by atoms with van der Waals surface area (Å²) in [5.74, 6) is 1.21. The molecule has 1 aromatic carbocycles. The number of aryl methyl sites for hydroxylation is 1. The van der Waals surface area contributed by atoms with E-state index in [4.69, 9.17) is 9.78 Å². The highest BCUT2D eigenvalue weighted by Gasteiger charge is 2.08. The third-order valence-corrected chi connectivity index (χ3v) is 2.46. The molecule has 0 saturated heterocycles. The summed E-state index contributed by atoms with van der Waals surface area (Å²) < 4.78 is 5.18. The minimum atomic E-state index is 0.480. The lowest BCUT2D eigenvalue weighted by Crippen LogP contribution is -1.87. The maximum Gasteiger partial charge on any atom is 0.257 e. The molecule has 17 heavy (non-hydrogen) atoms. The van der Waals surface area contributed by atoms with E-state index in [0.29, 0.717) is 11.5 Å². The first kappa shape index (κ1) is 11.3. The number of aromatic nitrogens is 2. The standard InChI is InChI=1S/C13H13N3O/c1-2-3-7-12-15-13(17-16-12)11-6-4-5-10(8-11)9-14/h4-6,8H,2-3,7H2,1H3. The summed E-state index contributed by atoms with van der Waals surface area (Å²) in [6, 6.07) is 9.25. The minimum absolute atomic E-state index is 0.480. The van der Waals surface area contributed by atoms with Crippen molar-refractivity contribution in [3.8, 4) is 17.5 Å². The molecule has 0 radical (unpaired) electrons. The van der Waals surface area contributed by atoms with Gasteiger partial charge in [-0.3, -0.25) is 0 Å². The largest absolute Gasteiger partial charge is 0.334 e. The van der Waals surface area contributed by atoms with E-state index in [2.05, 4.69) is 23.1 Å². The molecule has 0 saturated carbocycles. The third kappa shape index (κ3) is 2.70. The molecular weight excluding hydrogens is 214 g/mol. The molecule has 0 unspecified atom stereocenters. The number of unbranched alkanes of at least 4 members (excludes halogenated alkanes) is 1.